The topological polar surface area (TPSA) is 142 Å². The number of pyridine rings is 3. The van der Waals surface area contributed by atoms with Gasteiger partial charge in [0, 0.05) is 23.5 Å². The first kappa shape index (κ1) is 36.3. The largest absolute Gasteiger partial charge is 0.509 e. The van der Waals surface area contributed by atoms with Gasteiger partial charge in [0.15, 0.2) is 0 Å². The minimum Gasteiger partial charge on any atom is -0.466 e. The lowest BCUT2D eigenvalue weighted by molar-refractivity contribution is -0.173. The van der Waals surface area contributed by atoms with Gasteiger partial charge in [0.25, 0.3) is 6.43 Å². The predicted octanol–water partition coefficient (Wildman–Crippen LogP) is 7.21. The minimum absolute atomic E-state index is 0.0514. The van der Waals surface area contributed by atoms with E-state index in [1.165, 1.54) is 25.4 Å². The van der Waals surface area contributed by atoms with Crippen LogP contribution in [0.4, 0.5) is 25.2 Å². The fourth-order valence-corrected chi connectivity index (χ4v) is 6.03. The van der Waals surface area contributed by atoms with E-state index < -0.39 is 29.8 Å². The highest BCUT2D eigenvalue weighted by Gasteiger charge is 2.50. The Morgan fingerprint density at radius 3 is 2.46 bits per heavy atom. The zero-order valence-corrected chi connectivity index (χ0v) is 28.1. The van der Waals surface area contributed by atoms with Crippen LogP contribution < -0.4 is 5.32 Å². The molecule has 1 fully saturated rings. The number of rotatable bonds is 13. The van der Waals surface area contributed by atoms with Gasteiger partial charge in [-0.15, -0.1) is 0 Å². The zero-order valence-electron chi connectivity index (χ0n) is 28.1. The summed E-state index contributed by atoms with van der Waals surface area (Å²) in [5, 5.41) is 14.7. The molecular formula is C37H40F2N4O7. The zero-order chi connectivity index (χ0) is 35.7. The van der Waals surface area contributed by atoms with Gasteiger partial charge < -0.3 is 29.4 Å². The van der Waals surface area contributed by atoms with Crippen molar-refractivity contribution in [2.75, 3.05) is 25.6 Å². The molecule has 0 radical (unpaired) electrons. The van der Waals surface area contributed by atoms with Gasteiger partial charge in [0.05, 0.1) is 31.7 Å². The lowest BCUT2D eigenvalue weighted by Crippen LogP contribution is -2.49. The number of carbonyl (C=O) groups excluding carboxylic acids is 2. The van der Waals surface area contributed by atoms with Gasteiger partial charge in [-0.25, -0.2) is 28.3 Å². The highest BCUT2D eigenvalue weighted by molar-refractivity contribution is 5.82. The van der Waals surface area contributed by atoms with Gasteiger partial charge in [-0.3, -0.25) is 4.98 Å². The summed E-state index contributed by atoms with van der Waals surface area (Å²) in [6.07, 6.45) is 0.222. The molecule has 0 bridgehead atoms. The van der Waals surface area contributed by atoms with Crippen molar-refractivity contribution in [1.29, 1.82) is 0 Å². The van der Waals surface area contributed by atoms with Crippen molar-refractivity contribution < 1.29 is 42.4 Å². The summed E-state index contributed by atoms with van der Waals surface area (Å²) in [6.45, 7) is 4.02. The number of halogens is 2. The molecule has 1 atom stereocenters. The molecule has 1 aliphatic carbocycles. The average molecular weight is 691 g/mol. The molecule has 0 saturated heterocycles. The van der Waals surface area contributed by atoms with Crippen LogP contribution in [-0.4, -0.2) is 58.1 Å². The number of aromatic nitrogens is 3. The fraction of sp³-hybridized carbons (Fsp3) is 0.378. The number of alkyl halides is 2. The summed E-state index contributed by atoms with van der Waals surface area (Å²) < 4.78 is 47.6. The summed E-state index contributed by atoms with van der Waals surface area (Å²) in [4.78, 5) is 38.7. The van der Waals surface area contributed by atoms with Gasteiger partial charge in [0.2, 0.25) is 5.60 Å². The van der Waals surface area contributed by atoms with Gasteiger partial charge in [-0.05, 0) is 93.0 Å². The van der Waals surface area contributed by atoms with E-state index in [2.05, 4.69) is 20.3 Å². The Morgan fingerprint density at radius 1 is 1.02 bits per heavy atom. The van der Waals surface area contributed by atoms with E-state index in [1.807, 2.05) is 43.3 Å². The number of carbonyl (C=O) groups is 2. The molecular weight excluding hydrogens is 650 g/mol. The van der Waals surface area contributed by atoms with Crippen molar-refractivity contribution >= 4 is 23.8 Å². The molecule has 3 heterocycles. The summed E-state index contributed by atoms with van der Waals surface area (Å²) in [7, 11) is 1.23. The molecule has 0 unspecified atom stereocenters. The SMILES string of the molecule is COC(=O)[C@]1(OC(=O)OCCOCc2ccccc2)CC[C@@H]([C@@](C)(O)c2ccc(-c3cc(C)cc(Nc4cc(C(F)F)ccn4)n3)cn2)CC1. The lowest BCUT2D eigenvalue weighted by atomic mass is 9.71. The predicted molar refractivity (Wildman–Crippen MR) is 179 cm³/mol. The fourth-order valence-electron chi connectivity index (χ4n) is 6.03. The Hall–Kier alpha value is -5.01. The first-order valence-corrected chi connectivity index (χ1v) is 16.2. The molecule has 1 aromatic carbocycles. The van der Waals surface area contributed by atoms with Crippen LogP contribution in [0.25, 0.3) is 11.3 Å². The van der Waals surface area contributed by atoms with Crippen LogP contribution in [0.5, 0.6) is 0 Å². The molecule has 0 amide bonds. The van der Waals surface area contributed by atoms with Crippen molar-refractivity contribution in [3.8, 4) is 11.3 Å². The number of nitrogens with one attached hydrogen (secondary N) is 1. The molecule has 264 valence electrons. The maximum Gasteiger partial charge on any atom is 0.509 e. The monoisotopic (exact) mass is 690 g/mol. The van der Waals surface area contributed by atoms with Crippen LogP contribution in [-0.2, 0) is 35.9 Å². The van der Waals surface area contributed by atoms with E-state index in [9.17, 15) is 23.5 Å². The Labute approximate surface area is 289 Å². The Morgan fingerprint density at radius 2 is 1.78 bits per heavy atom. The van der Waals surface area contributed by atoms with Crippen molar-refractivity contribution in [1.82, 2.24) is 15.0 Å². The molecule has 4 aromatic rings. The van der Waals surface area contributed by atoms with Gasteiger partial charge in [-0.1, -0.05) is 30.3 Å². The third-order valence-corrected chi connectivity index (χ3v) is 8.82. The van der Waals surface area contributed by atoms with E-state index in [4.69, 9.17) is 18.9 Å². The average Bonchev–Trinajstić information content (AvgIpc) is 3.11. The molecule has 2 N–H and O–H groups in total. The Bertz CT molecular complexity index is 1750. The standard InChI is InChI=1S/C37H40F2N4O7/c1-24-19-29(42-32(20-24)43-31-21-26(33(38)39)13-16-40-31)27-9-10-30(41-22-27)36(2,46)28-11-14-37(15-12-28,34(44)47-3)50-35(45)49-18-17-48-23-25-7-5-4-6-8-25/h4-10,13,16,19-22,28,33,46H,11-12,14-15,17-18,23H2,1-3H3,(H,40,42,43)/t28-,36-,37+/m1/s1. The molecule has 11 nitrogen and oxygen atoms in total. The molecule has 1 saturated carbocycles. The van der Waals surface area contributed by atoms with Crippen molar-refractivity contribution in [2.45, 2.75) is 63.8 Å². The van der Waals surface area contributed by atoms with E-state index in [-0.39, 0.29) is 43.4 Å². The highest BCUT2D eigenvalue weighted by Crippen LogP contribution is 2.44. The van der Waals surface area contributed by atoms with Crippen LogP contribution in [0.2, 0.25) is 0 Å². The number of ether oxygens (including phenoxy) is 4. The van der Waals surface area contributed by atoms with Crippen LogP contribution >= 0.6 is 0 Å². The molecule has 3 aromatic heterocycles. The summed E-state index contributed by atoms with van der Waals surface area (Å²) in [5.41, 5.74) is 0.484. The summed E-state index contributed by atoms with van der Waals surface area (Å²) in [6, 6.07) is 19.2. The molecule has 13 heteroatoms. The maximum absolute atomic E-state index is 13.2. The van der Waals surface area contributed by atoms with Crippen molar-refractivity contribution in [3.63, 3.8) is 0 Å². The molecule has 5 rings (SSSR count). The van der Waals surface area contributed by atoms with Crippen molar-refractivity contribution in [2.24, 2.45) is 5.92 Å². The van der Waals surface area contributed by atoms with Gasteiger partial charge in [-0.2, -0.15) is 0 Å². The van der Waals surface area contributed by atoms with Gasteiger partial charge in [0.1, 0.15) is 23.8 Å². The minimum atomic E-state index is -2.62. The molecule has 0 aliphatic heterocycles. The normalized spacial score (nSPS) is 18.6. The number of hydrogen-bond donors (Lipinski definition) is 2. The smallest absolute Gasteiger partial charge is 0.466 e. The third kappa shape index (κ3) is 8.96. The number of hydrogen-bond acceptors (Lipinski definition) is 11. The number of aliphatic hydroxyl groups is 1. The third-order valence-electron chi connectivity index (χ3n) is 8.82. The molecule has 1 aliphatic rings. The first-order valence-electron chi connectivity index (χ1n) is 16.2. The lowest BCUT2D eigenvalue weighted by Gasteiger charge is -2.41. The number of benzene rings is 1. The second kappa shape index (κ2) is 16.1. The van der Waals surface area contributed by atoms with E-state index in [1.54, 1.807) is 31.3 Å². The second-order valence-electron chi connectivity index (χ2n) is 12.4. The van der Waals surface area contributed by atoms with Crippen LogP contribution in [0.1, 0.15) is 61.4 Å². The Balaban J connectivity index is 1.19. The van der Waals surface area contributed by atoms with Crippen LogP contribution in [0, 0.1) is 12.8 Å². The maximum atomic E-state index is 13.2. The van der Waals surface area contributed by atoms with E-state index >= 15 is 0 Å². The van der Waals surface area contributed by atoms with E-state index in [0.29, 0.717) is 42.2 Å². The molecule has 50 heavy (non-hydrogen) atoms. The van der Waals surface area contributed by atoms with E-state index in [0.717, 1.165) is 11.1 Å². The number of anilines is 2. The van der Waals surface area contributed by atoms with Crippen molar-refractivity contribution in [3.05, 3.63) is 102 Å². The first-order chi connectivity index (χ1) is 24.0. The Kier molecular flexibility index (Phi) is 11.7. The highest BCUT2D eigenvalue weighted by atomic mass is 19.3. The number of aryl methyl sites for hydroxylation is 1. The second-order valence-corrected chi connectivity index (χ2v) is 12.4. The summed E-state index contributed by atoms with van der Waals surface area (Å²) in [5.74, 6) is -0.332. The van der Waals surface area contributed by atoms with Crippen LogP contribution in [0.3, 0.4) is 0 Å². The molecule has 0 spiro atoms. The number of esters is 1. The number of nitrogens with zero attached hydrogens (tertiary/aromatic N) is 3. The van der Waals surface area contributed by atoms with Gasteiger partial charge >= 0.3 is 12.1 Å². The van der Waals surface area contributed by atoms with Crippen LogP contribution in [0.15, 0.2) is 79.1 Å². The summed E-state index contributed by atoms with van der Waals surface area (Å²) >= 11 is 0. The number of methoxy groups -OCH3 is 1. The quantitative estimate of drug-likeness (QED) is 0.109.